The van der Waals surface area contributed by atoms with Crippen LogP contribution in [0.4, 0.5) is 0 Å². The van der Waals surface area contributed by atoms with Crippen LogP contribution in [0.1, 0.15) is 46.5 Å². The van der Waals surface area contributed by atoms with E-state index >= 15 is 0 Å². The molecule has 0 aromatic heterocycles. The van der Waals surface area contributed by atoms with Crippen LogP contribution in [-0.4, -0.2) is 38.8 Å². The van der Waals surface area contributed by atoms with E-state index in [4.69, 9.17) is 4.74 Å². The molecule has 1 rings (SSSR count). The van der Waals surface area contributed by atoms with Gasteiger partial charge >= 0.3 is 0 Å². The van der Waals surface area contributed by atoms with E-state index in [-0.39, 0.29) is 35.5 Å². The van der Waals surface area contributed by atoms with Crippen molar-refractivity contribution >= 4 is 29.9 Å². The number of hydrogen-bond acceptors (Lipinski definition) is 2. The molecule has 0 spiro atoms. The van der Waals surface area contributed by atoms with Crippen LogP contribution >= 0.6 is 24.0 Å². The van der Waals surface area contributed by atoms with Crippen molar-refractivity contribution in [1.82, 2.24) is 10.6 Å². The van der Waals surface area contributed by atoms with Gasteiger partial charge in [-0.25, -0.2) is 0 Å². The normalized spacial score (nSPS) is 18.9. The van der Waals surface area contributed by atoms with Crippen LogP contribution in [0.3, 0.4) is 0 Å². The third-order valence-corrected chi connectivity index (χ3v) is 3.62. The highest BCUT2D eigenvalue weighted by atomic mass is 127. The predicted molar refractivity (Wildman–Crippen MR) is 92.4 cm³/mol. The molecule has 1 fully saturated rings. The lowest BCUT2D eigenvalue weighted by Crippen LogP contribution is -2.47. The van der Waals surface area contributed by atoms with Crippen molar-refractivity contribution in [2.75, 3.05) is 20.7 Å². The Bertz CT molecular complexity index is 270. The second-order valence-electron chi connectivity index (χ2n) is 6.17. The first-order chi connectivity index (χ1) is 8.47. The molecule has 4 nitrogen and oxygen atoms in total. The molecule has 19 heavy (non-hydrogen) atoms. The van der Waals surface area contributed by atoms with Gasteiger partial charge in [0.25, 0.3) is 0 Å². The first-order valence-corrected chi connectivity index (χ1v) is 6.97. The van der Waals surface area contributed by atoms with Crippen molar-refractivity contribution in [2.24, 2.45) is 10.4 Å². The van der Waals surface area contributed by atoms with Crippen LogP contribution in [0.15, 0.2) is 4.99 Å². The van der Waals surface area contributed by atoms with E-state index in [0.29, 0.717) is 6.04 Å². The van der Waals surface area contributed by atoms with E-state index in [1.165, 1.54) is 25.7 Å². The van der Waals surface area contributed by atoms with E-state index in [0.717, 1.165) is 12.5 Å². The summed E-state index contributed by atoms with van der Waals surface area (Å²) in [6.45, 7) is 7.36. The number of methoxy groups -OCH3 is 1. The maximum absolute atomic E-state index is 5.53. The first kappa shape index (κ1) is 19.0. The molecule has 0 radical (unpaired) electrons. The summed E-state index contributed by atoms with van der Waals surface area (Å²) >= 11 is 0. The molecule has 114 valence electrons. The molecule has 1 aliphatic carbocycles. The van der Waals surface area contributed by atoms with Gasteiger partial charge in [0.15, 0.2) is 5.96 Å². The largest absolute Gasteiger partial charge is 0.379 e. The van der Waals surface area contributed by atoms with E-state index in [2.05, 4.69) is 36.4 Å². The molecule has 0 amide bonds. The van der Waals surface area contributed by atoms with Crippen molar-refractivity contribution in [1.29, 1.82) is 0 Å². The van der Waals surface area contributed by atoms with Gasteiger partial charge in [-0.2, -0.15) is 0 Å². The Morgan fingerprint density at radius 1 is 1.32 bits per heavy atom. The number of nitrogens with zero attached hydrogens (tertiary/aromatic N) is 1. The molecular weight excluding hydrogens is 353 g/mol. The van der Waals surface area contributed by atoms with E-state index in [1.807, 2.05) is 7.05 Å². The third kappa shape index (κ3) is 6.79. The van der Waals surface area contributed by atoms with Gasteiger partial charge in [0, 0.05) is 26.7 Å². The molecule has 0 heterocycles. The second-order valence-corrected chi connectivity index (χ2v) is 6.17. The molecule has 2 N–H and O–H groups in total. The Morgan fingerprint density at radius 3 is 2.32 bits per heavy atom. The smallest absolute Gasteiger partial charge is 0.191 e. The number of rotatable bonds is 4. The molecule has 0 bridgehead atoms. The van der Waals surface area contributed by atoms with Gasteiger partial charge in [0.05, 0.1) is 6.10 Å². The number of aliphatic imine (C=N–C) groups is 1. The van der Waals surface area contributed by atoms with Gasteiger partial charge in [-0.05, 0) is 18.3 Å². The molecule has 0 saturated heterocycles. The first-order valence-electron chi connectivity index (χ1n) is 6.97. The number of ether oxygens (including phenoxy) is 1. The lowest BCUT2D eigenvalue weighted by atomic mass is 9.89. The zero-order chi connectivity index (χ0) is 13.6. The molecule has 1 unspecified atom stereocenters. The number of hydrogen-bond donors (Lipinski definition) is 2. The summed E-state index contributed by atoms with van der Waals surface area (Å²) in [6.07, 6.45) is 5.36. The summed E-state index contributed by atoms with van der Waals surface area (Å²) in [6, 6.07) is 0.590. The summed E-state index contributed by atoms with van der Waals surface area (Å²) in [5, 5.41) is 6.85. The van der Waals surface area contributed by atoms with Gasteiger partial charge in [-0.3, -0.25) is 4.99 Å². The summed E-state index contributed by atoms with van der Waals surface area (Å²) in [4.78, 5) is 4.28. The Balaban J connectivity index is 0.00000324. The second kappa shape index (κ2) is 9.00. The van der Waals surface area contributed by atoms with Crippen molar-refractivity contribution in [2.45, 2.75) is 58.6 Å². The van der Waals surface area contributed by atoms with E-state index in [9.17, 15) is 0 Å². The fourth-order valence-electron chi connectivity index (χ4n) is 2.39. The Morgan fingerprint density at radius 2 is 1.89 bits per heavy atom. The summed E-state index contributed by atoms with van der Waals surface area (Å²) in [7, 11) is 3.59. The maximum Gasteiger partial charge on any atom is 0.191 e. The van der Waals surface area contributed by atoms with Gasteiger partial charge in [0.1, 0.15) is 0 Å². The summed E-state index contributed by atoms with van der Waals surface area (Å²) in [5.74, 6) is 0.896. The van der Waals surface area contributed by atoms with Crippen LogP contribution < -0.4 is 10.6 Å². The van der Waals surface area contributed by atoms with Crippen molar-refractivity contribution < 1.29 is 4.74 Å². The van der Waals surface area contributed by atoms with Crippen LogP contribution in [-0.2, 0) is 4.74 Å². The Hall–Kier alpha value is -0.0400. The standard InChI is InChI=1S/C14H29N3O.HI/c1-14(2,3)12(18-5)10-16-13(15-4)17-11-8-6-7-9-11;/h11-12H,6-10H2,1-5H3,(H2,15,16,17);1H. The topological polar surface area (TPSA) is 45.7 Å². The fraction of sp³-hybridized carbons (Fsp3) is 0.929. The molecule has 1 saturated carbocycles. The molecule has 0 aromatic rings. The van der Waals surface area contributed by atoms with E-state index in [1.54, 1.807) is 7.11 Å². The summed E-state index contributed by atoms with van der Waals surface area (Å²) < 4.78 is 5.53. The van der Waals surface area contributed by atoms with Crippen LogP contribution in [0.2, 0.25) is 0 Å². The van der Waals surface area contributed by atoms with Gasteiger partial charge in [0.2, 0.25) is 0 Å². The highest BCUT2D eigenvalue weighted by Crippen LogP contribution is 2.21. The molecular formula is C14H30IN3O. The van der Waals surface area contributed by atoms with Crippen molar-refractivity contribution in [3.63, 3.8) is 0 Å². The minimum atomic E-state index is 0. The number of nitrogens with one attached hydrogen (secondary N) is 2. The van der Waals surface area contributed by atoms with Crippen LogP contribution in [0.5, 0.6) is 0 Å². The summed E-state index contributed by atoms with van der Waals surface area (Å²) in [5.41, 5.74) is 0.133. The monoisotopic (exact) mass is 383 g/mol. The highest BCUT2D eigenvalue weighted by molar-refractivity contribution is 14.0. The van der Waals surface area contributed by atoms with Crippen molar-refractivity contribution in [3.05, 3.63) is 0 Å². The van der Waals surface area contributed by atoms with Crippen LogP contribution in [0.25, 0.3) is 0 Å². The molecule has 0 aliphatic heterocycles. The minimum Gasteiger partial charge on any atom is -0.379 e. The molecule has 5 heteroatoms. The zero-order valence-corrected chi connectivity index (χ0v) is 15.3. The Labute approximate surface area is 135 Å². The molecule has 0 aromatic carbocycles. The minimum absolute atomic E-state index is 0. The number of halogens is 1. The quantitative estimate of drug-likeness (QED) is 0.446. The van der Waals surface area contributed by atoms with Gasteiger partial charge in [-0.1, -0.05) is 33.6 Å². The fourth-order valence-corrected chi connectivity index (χ4v) is 2.39. The SMILES string of the molecule is CN=C(NCC(OC)C(C)(C)C)NC1CCCC1.I. The third-order valence-electron chi connectivity index (χ3n) is 3.62. The number of guanidine groups is 1. The zero-order valence-electron chi connectivity index (χ0n) is 13.0. The lowest BCUT2D eigenvalue weighted by Gasteiger charge is -2.30. The predicted octanol–water partition coefficient (Wildman–Crippen LogP) is 2.77. The molecule has 1 atom stereocenters. The average Bonchev–Trinajstić information content (AvgIpc) is 2.79. The van der Waals surface area contributed by atoms with Gasteiger partial charge < -0.3 is 15.4 Å². The maximum atomic E-state index is 5.53. The van der Waals surface area contributed by atoms with Crippen molar-refractivity contribution in [3.8, 4) is 0 Å². The lowest BCUT2D eigenvalue weighted by molar-refractivity contribution is 0.0205. The van der Waals surface area contributed by atoms with Gasteiger partial charge in [-0.15, -0.1) is 24.0 Å². The Kier molecular flexibility index (Phi) is 8.98. The average molecular weight is 383 g/mol. The molecule has 1 aliphatic rings. The van der Waals surface area contributed by atoms with Crippen LogP contribution in [0, 0.1) is 5.41 Å². The highest BCUT2D eigenvalue weighted by Gasteiger charge is 2.24. The van der Waals surface area contributed by atoms with E-state index < -0.39 is 0 Å².